The molecule has 0 spiro atoms. The zero-order chi connectivity index (χ0) is 14.7. The number of fused-ring (bicyclic) bond motifs is 3. The summed E-state index contributed by atoms with van der Waals surface area (Å²) in [4.78, 5) is 0. The lowest BCUT2D eigenvalue weighted by Crippen LogP contribution is -2.09. The van der Waals surface area contributed by atoms with E-state index in [9.17, 15) is 0 Å². The predicted octanol–water partition coefficient (Wildman–Crippen LogP) is 5.06. The molecule has 0 aliphatic carbocycles. The Morgan fingerprint density at radius 2 is 1.33 bits per heavy atom. The second-order valence-corrected chi connectivity index (χ2v) is 4.98. The normalized spacial score (nSPS) is 11.6. The maximum atomic E-state index is 5.80. The van der Waals surface area contributed by atoms with Gasteiger partial charge in [-0.1, -0.05) is 48.5 Å². The molecule has 0 atom stereocenters. The molecule has 3 aromatic rings. The van der Waals surface area contributed by atoms with Crippen molar-refractivity contribution in [1.82, 2.24) is 0 Å². The largest absolute Gasteiger partial charge is 0.349 e. The van der Waals surface area contributed by atoms with E-state index in [-0.39, 0.29) is 6.29 Å². The highest BCUT2D eigenvalue weighted by atomic mass is 16.7. The molecule has 0 aromatic heterocycles. The van der Waals surface area contributed by atoms with Gasteiger partial charge in [0.25, 0.3) is 0 Å². The van der Waals surface area contributed by atoms with Crippen LogP contribution in [-0.2, 0) is 9.47 Å². The molecule has 0 fully saturated rings. The van der Waals surface area contributed by atoms with Crippen molar-refractivity contribution in [2.75, 3.05) is 13.2 Å². The average Bonchev–Trinajstić information content (AvgIpc) is 2.54. The summed E-state index contributed by atoms with van der Waals surface area (Å²) >= 11 is 0. The molecule has 0 amide bonds. The minimum atomic E-state index is -0.311. The standard InChI is InChI=1S/C19H20O2/c1-3-20-19(21-4-2)18-13-14-9-5-6-10-15(14)16-11-7-8-12-17(16)18/h5-13,19H,3-4H2,1-2H3. The maximum Gasteiger partial charge on any atom is 0.184 e. The van der Waals surface area contributed by atoms with Crippen molar-refractivity contribution in [3.63, 3.8) is 0 Å². The van der Waals surface area contributed by atoms with Crippen LogP contribution in [0.25, 0.3) is 21.5 Å². The van der Waals surface area contributed by atoms with E-state index in [2.05, 4.69) is 54.6 Å². The van der Waals surface area contributed by atoms with Gasteiger partial charge in [0.1, 0.15) is 0 Å². The van der Waals surface area contributed by atoms with Crippen molar-refractivity contribution in [1.29, 1.82) is 0 Å². The van der Waals surface area contributed by atoms with Gasteiger partial charge in [-0.05, 0) is 41.5 Å². The zero-order valence-electron chi connectivity index (χ0n) is 12.5. The highest BCUT2D eigenvalue weighted by Crippen LogP contribution is 2.33. The van der Waals surface area contributed by atoms with Gasteiger partial charge in [-0.2, -0.15) is 0 Å². The molecule has 21 heavy (non-hydrogen) atoms. The first-order valence-corrected chi connectivity index (χ1v) is 7.48. The Balaban J connectivity index is 2.28. The van der Waals surface area contributed by atoms with Gasteiger partial charge in [0.15, 0.2) is 6.29 Å². The number of hydrogen-bond donors (Lipinski definition) is 0. The summed E-state index contributed by atoms with van der Waals surface area (Å²) in [6.45, 7) is 5.25. The van der Waals surface area contributed by atoms with Crippen molar-refractivity contribution in [3.05, 3.63) is 60.2 Å². The second kappa shape index (κ2) is 6.25. The van der Waals surface area contributed by atoms with Gasteiger partial charge in [0, 0.05) is 18.8 Å². The molecule has 0 N–H and O–H groups in total. The molecule has 3 aromatic carbocycles. The highest BCUT2D eigenvalue weighted by Gasteiger charge is 2.16. The molecular weight excluding hydrogens is 260 g/mol. The maximum absolute atomic E-state index is 5.80. The summed E-state index contributed by atoms with van der Waals surface area (Å²) in [5.41, 5.74) is 1.10. The first kappa shape index (κ1) is 14.1. The number of rotatable bonds is 5. The quantitative estimate of drug-likeness (QED) is 0.480. The molecule has 2 nitrogen and oxygen atoms in total. The van der Waals surface area contributed by atoms with Gasteiger partial charge in [-0.25, -0.2) is 0 Å². The lowest BCUT2D eigenvalue weighted by molar-refractivity contribution is -0.139. The molecule has 0 heterocycles. The van der Waals surface area contributed by atoms with E-state index in [4.69, 9.17) is 9.47 Å². The van der Waals surface area contributed by atoms with E-state index in [1.54, 1.807) is 0 Å². The van der Waals surface area contributed by atoms with Crippen LogP contribution in [0.4, 0.5) is 0 Å². The molecular formula is C19H20O2. The minimum absolute atomic E-state index is 0.311. The van der Waals surface area contributed by atoms with Crippen LogP contribution >= 0.6 is 0 Å². The summed E-state index contributed by atoms with van der Waals surface area (Å²) in [6, 6.07) is 19.1. The fourth-order valence-corrected chi connectivity index (χ4v) is 2.81. The number of ether oxygens (including phenoxy) is 2. The molecule has 0 aliphatic heterocycles. The third kappa shape index (κ3) is 2.65. The van der Waals surface area contributed by atoms with Gasteiger partial charge in [0.05, 0.1) is 0 Å². The van der Waals surface area contributed by atoms with Crippen molar-refractivity contribution >= 4 is 21.5 Å². The third-order valence-electron chi connectivity index (χ3n) is 3.69. The fraction of sp³-hybridized carbons (Fsp3) is 0.263. The number of benzene rings is 3. The van der Waals surface area contributed by atoms with Crippen molar-refractivity contribution in [2.24, 2.45) is 0 Å². The smallest absolute Gasteiger partial charge is 0.184 e. The average molecular weight is 280 g/mol. The molecule has 108 valence electrons. The summed E-state index contributed by atoms with van der Waals surface area (Å²) in [7, 11) is 0. The van der Waals surface area contributed by atoms with Crippen molar-refractivity contribution in [3.8, 4) is 0 Å². The van der Waals surface area contributed by atoms with Gasteiger partial charge in [-0.3, -0.25) is 0 Å². The van der Waals surface area contributed by atoms with E-state index < -0.39 is 0 Å². The summed E-state index contributed by atoms with van der Waals surface area (Å²) in [5, 5.41) is 4.93. The van der Waals surface area contributed by atoms with Gasteiger partial charge < -0.3 is 9.47 Å². The Hall–Kier alpha value is -1.90. The van der Waals surface area contributed by atoms with E-state index in [1.165, 1.54) is 21.5 Å². The van der Waals surface area contributed by atoms with Gasteiger partial charge >= 0.3 is 0 Å². The molecule has 0 bridgehead atoms. The van der Waals surface area contributed by atoms with Crippen LogP contribution in [0.2, 0.25) is 0 Å². The van der Waals surface area contributed by atoms with E-state index in [1.807, 2.05) is 13.8 Å². The molecule has 0 aliphatic rings. The Morgan fingerprint density at radius 1 is 0.762 bits per heavy atom. The first-order chi connectivity index (χ1) is 10.3. The SMILES string of the molecule is CCOC(OCC)c1cc2ccccc2c2ccccc12. The molecule has 0 unspecified atom stereocenters. The van der Waals surface area contributed by atoms with Crippen LogP contribution in [-0.4, -0.2) is 13.2 Å². The topological polar surface area (TPSA) is 18.5 Å². The van der Waals surface area contributed by atoms with Crippen LogP contribution in [0.15, 0.2) is 54.6 Å². The molecule has 0 saturated carbocycles. The monoisotopic (exact) mass is 280 g/mol. The van der Waals surface area contributed by atoms with E-state index in [0.717, 1.165) is 5.56 Å². The van der Waals surface area contributed by atoms with Gasteiger partial charge in [-0.15, -0.1) is 0 Å². The van der Waals surface area contributed by atoms with E-state index in [0.29, 0.717) is 13.2 Å². The highest BCUT2D eigenvalue weighted by molar-refractivity contribution is 6.09. The van der Waals surface area contributed by atoms with Crippen LogP contribution in [0.5, 0.6) is 0 Å². The summed E-state index contributed by atoms with van der Waals surface area (Å²) < 4.78 is 11.6. The van der Waals surface area contributed by atoms with Gasteiger partial charge in [0.2, 0.25) is 0 Å². The third-order valence-corrected chi connectivity index (χ3v) is 3.69. The molecule has 0 saturated heterocycles. The predicted molar refractivity (Wildman–Crippen MR) is 87.4 cm³/mol. The van der Waals surface area contributed by atoms with Crippen LogP contribution in [0, 0.1) is 0 Å². The fourth-order valence-electron chi connectivity index (χ4n) is 2.81. The van der Waals surface area contributed by atoms with Crippen molar-refractivity contribution in [2.45, 2.75) is 20.1 Å². The molecule has 0 radical (unpaired) electrons. The summed E-state index contributed by atoms with van der Waals surface area (Å²) in [6.07, 6.45) is -0.311. The molecule has 2 heteroatoms. The van der Waals surface area contributed by atoms with E-state index >= 15 is 0 Å². The Bertz CT molecular complexity index is 743. The van der Waals surface area contributed by atoms with Crippen LogP contribution in [0.1, 0.15) is 25.7 Å². The Labute approximate surface area is 125 Å². The second-order valence-electron chi connectivity index (χ2n) is 4.98. The molecule has 3 rings (SSSR count). The summed E-state index contributed by atoms with van der Waals surface area (Å²) in [5.74, 6) is 0. The Kier molecular flexibility index (Phi) is 4.18. The Morgan fingerprint density at radius 3 is 2.00 bits per heavy atom. The van der Waals surface area contributed by atoms with Crippen LogP contribution in [0.3, 0.4) is 0 Å². The minimum Gasteiger partial charge on any atom is -0.349 e. The lowest BCUT2D eigenvalue weighted by atomic mass is 9.97. The number of hydrogen-bond acceptors (Lipinski definition) is 2. The zero-order valence-corrected chi connectivity index (χ0v) is 12.5. The van der Waals surface area contributed by atoms with Crippen molar-refractivity contribution < 1.29 is 9.47 Å². The van der Waals surface area contributed by atoms with Crippen LogP contribution < -0.4 is 0 Å². The lowest BCUT2D eigenvalue weighted by Gasteiger charge is -2.20. The first-order valence-electron chi connectivity index (χ1n) is 7.48.